The highest BCUT2D eigenvalue weighted by Gasteiger charge is 2.26. The molecule has 0 aromatic heterocycles. The number of rotatable bonds is 7. The molecule has 0 nitrogen and oxygen atoms in total. The molecule has 100 valence electrons. The zero-order valence-electron chi connectivity index (χ0n) is 12.1. The lowest BCUT2D eigenvalue weighted by Crippen LogP contribution is -2.19. The van der Waals surface area contributed by atoms with Crippen LogP contribution in [-0.4, -0.2) is 0 Å². The van der Waals surface area contributed by atoms with Gasteiger partial charge in [0.05, 0.1) is 0 Å². The van der Waals surface area contributed by atoms with Gasteiger partial charge >= 0.3 is 0 Å². The maximum absolute atomic E-state index is 2.46. The Kier molecular flexibility index (Phi) is 5.38. The molecule has 2 atom stereocenters. The summed E-state index contributed by atoms with van der Waals surface area (Å²) < 4.78 is 0. The summed E-state index contributed by atoms with van der Waals surface area (Å²) in [6.07, 6.45) is 16.8. The monoisotopic (exact) mass is 236 g/mol. The topological polar surface area (TPSA) is 0 Å². The molecule has 0 heteroatoms. The van der Waals surface area contributed by atoms with Gasteiger partial charge in [0, 0.05) is 0 Å². The van der Waals surface area contributed by atoms with Gasteiger partial charge in [-0.15, -0.1) is 0 Å². The van der Waals surface area contributed by atoms with Crippen molar-refractivity contribution >= 4 is 0 Å². The van der Waals surface area contributed by atoms with Crippen molar-refractivity contribution in [3.63, 3.8) is 0 Å². The van der Waals surface area contributed by atoms with E-state index >= 15 is 0 Å². The summed E-state index contributed by atoms with van der Waals surface area (Å²) in [6, 6.07) is 0. The normalized spacial score (nSPS) is 25.8. The maximum atomic E-state index is 2.46. The third-order valence-electron chi connectivity index (χ3n) is 5.47. The largest absolute Gasteiger partial charge is 0.0651 e. The SMILES string of the molecule is CCC(C)CC(CC1CCCC1)CC1CCC1. The molecule has 2 saturated carbocycles. The molecule has 2 aliphatic carbocycles. The van der Waals surface area contributed by atoms with Crippen LogP contribution in [0.5, 0.6) is 0 Å². The Bertz CT molecular complexity index is 191. The molecule has 2 aliphatic rings. The van der Waals surface area contributed by atoms with Crippen molar-refractivity contribution in [3.05, 3.63) is 0 Å². The van der Waals surface area contributed by atoms with Gasteiger partial charge in [0.2, 0.25) is 0 Å². The van der Waals surface area contributed by atoms with Gasteiger partial charge in [0.15, 0.2) is 0 Å². The molecule has 0 aromatic rings. The molecule has 0 amide bonds. The highest BCUT2D eigenvalue weighted by atomic mass is 14.3. The van der Waals surface area contributed by atoms with Crippen molar-refractivity contribution in [2.24, 2.45) is 23.7 Å². The molecule has 0 radical (unpaired) electrons. The molecule has 0 heterocycles. The fraction of sp³-hybridized carbons (Fsp3) is 1.00. The molecule has 0 saturated heterocycles. The Labute approximate surface area is 109 Å². The second-order valence-corrected chi connectivity index (χ2v) is 7.03. The summed E-state index contributed by atoms with van der Waals surface area (Å²) in [5, 5.41) is 0. The van der Waals surface area contributed by atoms with Gasteiger partial charge in [0.1, 0.15) is 0 Å². The molecule has 2 fully saturated rings. The summed E-state index contributed by atoms with van der Waals surface area (Å²) in [4.78, 5) is 0. The number of hydrogen-bond donors (Lipinski definition) is 0. The minimum atomic E-state index is 0.960. The van der Waals surface area contributed by atoms with Crippen LogP contribution in [0.2, 0.25) is 0 Å². The summed E-state index contributed by atoms with van der Waals surface area (Å²) in [5.74, 6) is 4.24. The highest BCUT2D eigenvalue weighted by molar-refractivity contribution is 4.78. The van der Waals surface area contributed by atoms with Crippen LogP contribution in [0.1, 0.15) is 84.5 Å². The molecule has 2 rings (SSSR count). The van der Waals surface area contributed by atoms with E-state index in [-0.39, 0.29) is 0 Å². The van der Waals surface area contributed by atoms with E-state index < -0.39 is 0 Å². The Morgan fingerprint density at radius 3 is 1.82 bits per heavy atom. The van der Waals surface area contributed by atoms with Crippen LogP contribution < -0.4 is 0 Å². The third-order valence-corrected chi connectivity index (χ3v) is 5.47. The Morgan fingerprint density at radius 1 is 0.882 bits per heavy atom. The van der Waals surface area contributed by atoms with E-state index in [0.717, 1.165) is 23.7 Å². The van der Waals surface area contributed by atoms with Crippen molar-refractivity contribution in [1.29, 1.82) is 0 Å². The first-order chi connectivity index (χ1) is 8.28. The van der Waals surface area contributed by atoms with Crippen molar-refractivity contribution in [2.45, 2.75) is 84.5 Å². The zero-order chi connectivity index (χ0) is 12.1. The van der Waals surface area contributed by atoms with E-state index in [4.69, 9.17) is 0 Å². The quantitative estimate of drug-likeness (QED) is 0.523. The van der Waals surface area contributed by atoms with Crippen molar-refractivity contribution in [1.82, 2.24) is 0 Å². The molecule has 0 aliphatic heterocycles. The van der Waals surface area contributed by atoms with Gasteiger partial charge in [-0.05, 0) is 42.9 Å². The molecular formula is C17H32. The van der Waals surface area contributed by atoms with Crippen LogP contribution in [0.25, 0.3) is 0 Å². The predicted octanol–water partition coefficient (Wildman–Crippen LogP) is 5.81. The average molecular weight is 236 g/mol. The van der Waals surface area contributed by atoms with Crippen LogP contribution in [-0.2, 0) is 0 Å². The van der Waals surface area contributed by atoms with Crippen molar-refractivity contribution in [3.8, 4) is 0 Å². The van der Waals surface area contributed by atoms with E-state index in [1.54, 1.807) is 38.5 Å². The highest BCUT2D eigenvalue weighted by Crippen LogP contribution is 2.39. The fourth-order valence-electron chi connectivity index (χ4n) is 3.94. The summed E-state index contributed by atoms with van der Waals surface area (Å²) in [6.45, 7) is 4.82. The summed E-state index contributed by atoms with van der Waals surface area (Å²) in [5.41, 5.74) is 0. The fourth-order valence-corrected chi connectivity index (χ4v) is 3.94. The first-order valence-corrected chi connectivity index (χ1v) is 8.28. The summed E-state index contributed by atoms with van der Waals surface area (Å²) in [7, 11) is 0. The van der Waals surface area contributed by atoms with E-state index in [1.165, 1.54) is 32.1 Å². The lowest BCUT2D eigenvalue weighted by Gasteiger charge is -2.32. The van der Waals surface area contributed by atoms with Crippen LogP contribution in [0.15, 0.2) is 0 Å². The second-order valence-electron chi connectivity index (χ2n) is 7.03. The Morgan fingerprint density at radius 2 is 1.41 bits per heavy atom. The average Bonchev–Trinajstić information content (AvgIpc) is 2.75. The minimum absolute atomic E-state index is 0.960. The van der Waals surface area contributed by atoms with Crippen molar-refractivity contribution in [2.75, 3.05) is 0 Å². The van der Waals surface area contributed by atoms with E-state index in [2.05, 4.69) is 13.8 Å². The van der Waals surface area contributed by atoms with Crippen LogP contribution >= 0.6 is 0 Å². The lowest BCUT2D eigenvalue weighted by molar-refractivity contribution is 0.202. The van der Waals surface area contributed by atoms with Crippen molar-refractivity contribution < 1.29 is 0 Å². The van der Waals surface area contributed by atoms with E-state index in [1.807, 2.05) is 0 Å². The van der Waals surface area contributed by atoms with Gasteiger partial charge in [-0.25, -0.2) is 0 Å². The number of hydrogen-bond acceptors (Lipinski definition) is 0. The summed E-state index contributed by atoms with van der Waals surface area (Å²) >= 11 is 0. The standard InChI is InChI=1S/C17H32/c1-3-14(2)11-17(13-16-9-6-10-16)12-15-7-4-5-8-15/h14-17H,3-13H2,1-2H3. The first-order valence-electron chi connectivity index (χ1n) is 8.28. The lowest BCUT2D eigenvalue weighted by atomic mass is 9.74. The van der Waals surface area contributed by atoms with Crippen LogP contribution in [0.3, 0.4) is 0 Å². The molecular weight excluding hydrogens is 204 g/mol. The molecule has 0 aromatic carbocycles. The predicted molar refractivity (Wildman–Crippen MR) is 76.1 cm³/mol. The van der Waals surface area contributed by atoms with E-state index in [9.17, 15) is 0 Å². The Balaban J connectivity index is 1.76. The van der Waals surface area contributed by atoms with Gasteiger partial charge in [-0.2, -0.15) is 0 Å². The molecule has 0 N–H and O–H groups in total. The molecule has 0 spiro atoms. The molecule has 2 unspecified atom stereocenters. The van der Waals surface area contributed by atoms with Crippen LogP contribution in [0, 0.1) is 23.7 Å². The van der Waals surface area contributed by atoms with Gasteiger partial charge in [0.25, 0.3) is 0 Å². The third kappa shape index (κ3) is 4.30. The molecule has 17 heavy (non-hydrogen) atoms. The van der Waals surface area contributed by atoms with Gasteiger partial charge in [-0.3, -0.25) is 0 Å². The Hall–Kier alpha value is 0. The second kappa shape index (κ2) is 6.81. The molecule has 0 bridgehead atoms. The van der Waals surface area contributed by atoms with E-state index in [0.29, 0.717) is 0 Å². The van der Waals surface area contributed by atoms with Gasteiger partial charge < -0.3 is 0 Å². The first kappa shape index (κ1) is 13.4. The maximum Gasteiger partial charge on any atom is -0.0406 e. The van der Waals surface area contributed by atoms with Gasteiger partial charge in [-0.1, -0.05) is 65.2 Å². The van der Waals surface area contributed by atoms with Crippen LogP contribution in [0.4, 0.5) is 0 Å². The smallest absolute Gasteiger partial charge is 0.0406 e. The zero-order valence-corrected chi connectivity index (χ0v) is 12.1. The minimum Gasteiger partial charge on any atom is -0.0651 e.